The molecule has 2 heterocycles. The number of hydrogen-bond donors (Lipinski definition) is 1. The number of halogens is 1. The van der Waals surface area contributed by atoms with E-state index in [1.165, 1.54) is 11.8 Å². The largest absolute Gasteiger partial charge is 0.298 e. The molecule has 7 heteroatoms. The van der Waals surface area contributed by atoms with Crippen LogP contribution in [0.1, 0.15) is 17.3 Å². The van der Waals surface area contributed by atoms with Gasteiger partial charge in [0.05, 0.1) is 5.36 Å². The van der Waals surface area contributed by atoms with Gasteiger partial charge in [0.25, 0.3) is 5.91 Å². The zero-order valence-corrected chi connectivity index (χ0v) is 17.4. The fourth-order valence-electron chi connectivity index (χ4n) is 3.50. The molecule has 30 heavy (non-hydrogen) atoms. The first-order valence-corrected chi connectivity index (χ1v) is 10.8. The molecule has 1 atom stereocenters. The predicted molar refractivity (Wildman–Crippen MR) is 120 cm³/mol. The summed E-state index contributed by atoms with van der Waals surface area (Å²) in [5, 5.41) is 12.1. The van der Waals surface area contributed by atoms with Crippen molar-refractivity contribution in [3.63, 3.8) is 0 Å². The van der Waals surface area contributed by atoms with Gasteiger partial charge in [-0.3, -0.25) is 15.1 Å². The molecule has 1 amide bonds. The van der Waals surface area contributed by atoms with E-state index in [2.05, 4.69) is 17.4 Å². The van der Waals surface area contributed by atoms with Gasteiger partial charge >= 0.3 is 0 Å². The van der Waals surface area contributed by atoms with Gasteiger partial charge in [-0.05, 0) is 29.3 Å². The molecule has 3 aromatic rings. The molecule has 0 saturated carbocycles. The first-order chi connectivity index (χ1) is 14.7. The van der Waals surface area contributed by atoms with E-state index < -0.39 is 6.17 Å². The fraction of sp³-hybridized carbons (Fsp3) is 0.0870. The zero-order valence-electron chi connectivity index (χ0n) is 15.8. The molecule has 0 radical (unpaired) electrons. The topological polar surface area (TPSA) is 57.1 Å². The fourth-order valence-corrected chi connectivity index (χ4v) is 4.51. The molecule has 1 unspecified atom stereocenters. The molecule has 5 rings (SSSR count). The third-order valence-electron chi connectivity index (χ3n) is 4.88. The standard InChI is InChI=1S/C23H17ClN4OS/c24-17-10-6-9-16(13-17)21-25-19-12-5-4-11-18(19)20-22(29)26-23(27-28(20)21)30-14-15-7-2-1-3-8-15/h1-13,21H,14H2,(H,26,27,29). The highest BCUT2D eigenvalue weighted by molar-refractivity contribution is 8.13. The third kappa shape index (κ3) is 3.60. The number of para-hydroxylation sites is 1. The van der Waals surface area contributed by atoms with Crippen molar-refractivity contribution >= 4 is 40.1 Å². The van der Waals surface area contributed by atoms with Crippen molar-refractivity contribution in [1.29, 1.82) is 0 Å². The van der Waals surface area contributed by atoms with Crippen LogP contribution in [-0.4, -0.2) is 16.1 Å². The molecule has 0 fully saturated rings. The smallest absolute Gasteiger partial charge is 0.276 e. The highest BCUT2D eigenvalue weighted by Gasteiger charge is 2.34. The average molecular weight is 433 g/mol. The van der Waals surface area contributed by atoms with Gasteiger partial charge in [-0.1, -0.05) is 84.0 Å². The first-order valence-electron chi connectivity index (χ1n) is 9.47. The van der Waals surface area contributed by atoms with Crippen molar-refractivity contribution in [2.24, 2.45) is 10.1 Å². The second kappa shape index (κ2) is 7.97. The van der Waals surface area contributed by atoms with E-state index in [-0.39, 0.29) is 5.91 Å². The minimum Gasteiger partial charge on any atom is -0.298 e. The van der Waals surface area contributed by atoms with E-state index in [1.54, 1.807) is 5.01 Å². The van der Waals surface area contributed by atoms with Crippen molar-refractivity contribution in [2.75, 3.05) is 0 Å². The number of hydrazone groups is 1. The molecule has 0 aliphatic carbocycles. The highest BCUT2D eigenvalue weighted by Crippen LogP contribution is 2.32. The number of rotatable bonds is 3. The summed E-state index contributed by atoms with van der Waals surface area (Å²) in [6, 6.07) is 25.2. The lowest BCUT2D eigenvalue weighted by Gasteiger charge is -2.34. The maximum absolute atomic E-state index is 13.1. The summed E-state index contributed by atoms with van der Waals surface area (Å²) in [5.74, 6) is 0.522. The van der Waals surface area contributed by atoms with Crippen LogP contribution in [0.15, 0.2) is 89.0 Å². The molecule has 0 saturated heterocycles. The van der Waals surface area contributed by atoms with Crippen molar-refractivity contribution in [3.8, 4) is 0 Å². The zero-order chi connectivity index (χ0) is 20.5. The minimum atomic E-state index is -0.466. The Balaban J connectivity index is 1.58. The van der Waals surface area contributed by atoms with Crippen molar-refractivity contribution in [3.05, 3.63) is 106 Å². The summed E-state index contributed by atoms with van der Waals surface area (Å²) in [6.45, 7) is 0. The summed E-state index contributed by atoms with van der Waals surface area (Å²) in [6.07, 6.45) is -0.466. The van der Waals surface area contributed by atoms with Crippen LogP contribution in [0.4, 0.5) is 0 Å². The summed E-state index contributed by atoms with van der Waals surface area (Å²) >= 11 is 7.72. The van der Waals surface area contributed by atoms with Gasteiger partial charge in [-0.25, -0.2) is 5.01 Å². The monoisotopic (exact) mass is 432 g/mol. The van der Waals surface area contributed by atoms with Gasteiger partial charge in [0.15, 0.2) is 11.3 Å². The maximum Gasteiger partial charge on any atom is 0.276 e. The predicted octanol–water partition coefficient (Wildman–Crippen LogP) is 3.42. The van der Waals surface area contributed by atoms with Crippen LogP contribution in [-0.2, 0) is 10.5 Å². The van der Waals surface area contributed by atoms with E-state index in [0.717, 1.165) is 21.7 Å². The van der Waals surface area contributed by atoms with E-state index >= 15 is 0 Å². The first kappa shape index (κ1) is 18.9. The van der Waals surface area contributed by atoms with Crippen LogP contribution < -0.4 is 15.9 Å². The Morgan fingerprint density at radius 3 is 2.63 bits per heavy atom. The van der Waals surface area contributed by atoms with Crippen LogP contribution in [0.25, 0.3) is 5.70 Å². The Kier molecular flexibility index (Phi) is 5.02. The second-order valence-corrected chi connectivity index (χ2v) is 8.30. The van der Waals surface area contributed by atoms with Crippen molar-refractivity contribution in [1.82, 2.24) is 10.3 Å². The van der Waals surface area contributed by atoms with E-state index in [9.17, 15) is 4.79 Å². The van der Waals surface area contributed by atoms with Crippen LogP contribution in [0.5, 0.6) is 0 Å². The molecule has 0 bridgehead atoms. The number of nitrogens with one attached hydrogen (secondary N) is 1. The molecule has 148 valence electrons. The Hall–Kier alpha value is -3.09. The number of hydrogen-bond acceptors (Lipinski definition) is 5. The SMILES string of the molecule is O=C1NC(SCc2ccccc2)=NN2C1=c1ccccc1=NC2c1cccc(Cl)c1. The number of fused-ring (bicyclic) bond motifs is 2. The maximum atomic E-state index is 13.1. The van der Waals surface area contributed by atoms with Gasteiger partial charge in [-0.15, -0.1) is 5.10 Å². The highest BCUT2D eigenvalue weighted by atomic mass is 35.5. The number of nitrogens with zero attached hydrogens (tertiary/aromatic N) is 3. The van der Waals surface area contributed by atoms with Crippen LogP contribution >= 0.6 is 23.4 Å². The normalized spacial score (nSPS) is 17.4. The molecule has 1 N–H and O–H groups in total. The average Bonchev–Trinajstić information content (AvgIpc) is 2.77. The summed E-state index contributed by atoms with van der Waals surface area (Å²) < 4.78 is 0. The molecule has 5 nitrogen and oxygen atoms in total. The quantitative estimate of drug-likeness (QED) is 0.690. The molecular weight excluding hydrogens is 416 g/mol. The van der Waals surface area contributed by atoms with E-state index in [1.807, 2.05) is 66.7 Å². The number of carbonyl (C=O) groups is 1. The molecule has 2 aliphatic heterocycles. The van der Waals surface area contributed by atoms with Crippen molar-refractivity contribution in [2.45, 2.75) is 11.9 Å². The summed E-state index contributed by atoms with van der Waals surface area (Å²) in [7, 11) is 0. The number of amidine groups is 1. The molecule has 0 aromatic heterocycles. The summed E-state index contributed by atoms with van der Waals surface area (Å²) in [5.41, 5.74) is 2.53. The number of carbonyl (C=O) groups excluding carboxylic acids is 1. The minimum absolute atomic E-state index is 0.185. The second-order valence-electron chi connectivity index (χ2n) is 6.90. The lowest BCUT2D eigenvalue weighted by Crippen LogP contribution is -2.50. The Morgan fingerprint density at radius 1 is 1.00 bits per heavy atom. The third-order valence-corrected chi connectivity index (χ3v) is 6.05. The molecule has 3 aromatic carbocycles. The lowest BCUT2D eigenvalue weighted by atomic mass is 10.1. The van der Waals surface area contributed by atoms with Crippen LogP contribution in [0.3, 0.4) is 0 Å². The molecular formula is C23H17ClN4OS. The summed E-state index contributed by atoms with van der Waals surface area (Å²) in [4.78, 5) is 18.0. The van der Waals surface area contributed by atoms with Crippen LogP contribution in [0, 0.1) is 0 Å². The van der Waals surface area contributed by atoms with Gasteiger partial charge in [0, 0.05) is 16.0 Å². The number of benzene rings is 3. The molecule has 2 aliphatic rings. The van der Waals surface area contributed by atoms with Gasteiger partial charge in [-0.2, -0.15) is 0 Å². The number of amides is 1. The van der Waals surface area contributed by atoms with Gasteiger partial charge in [0.2, 0.25) is 0 Å². The Labute approximate surface area is 182 Å². The van der Waals surface area contributed by atoms with Gasteiger partial charge < -0.3 is 0 Å². The molecule has 0 spiro atoms. The van der Waals surface area contributed by atoms with E-state index in [4.69, 9.17) is 21.7 Å². The number of thioether (sulfide) groups is 1. The lowest BCUT2D eigenvalue weighted by molar-refractivity contribution is -0.116. The Bertz CT molecular complexity index is 1280. The Morgan fingerprint density at radius 2 is 1.80 bits per heavy atom. The van der Waals surface area contributed by atoms with Crippen molar-refractivity contribution < 1.29 is 4.79 Å². The van der Waals surface area contributed by atoms with Gasteiger partial charge in [0.1, 0.15) is 5.70 Å². The van der Waals surface area contributed by atoms with E-state index in [0.29, 0.717) is 21.6 Å². The van der Waals surface area contributed by atoms with Crippen LogP contribution in [0.2, 0.25) is 5.02 Å².